The molecule has 1 saturated heterocycles. The van der Waals surface area contributed by atoms with Gasteiger partial charge in [0, 0.05) is 25.6 Å². The van der Waals surface area contributed by atoms with Crippen LogP contribution >= 0.6 is 0 Å². The molecule has 6 heteroatoms. The predicted molar refractivity (Wildman–Crippen MR) is 93.9 cm³/mol. The maximum atomic E-state index is 12.3. The van der Waals surface area contributed by atoms with Gasteiger partial charge < -0.3 is 5.32 Å². The molecule has 2 aliphatic rings. The van der Waals surface area contributed by atoms with Gasteiger partial charge in [0.15, 0.2) is 0 Å². The Balaban J connectivity index is 1.49. The first-order valence-corrected chi connectivity index (χ1v) is 10.6. The second kappa shape index (κ2) is 7.23. The smallest absolute Gasteiger partial charge is 0.220 e. The fourth-order valence-electron chi connectivity index (χ4n) is 3.59. The Morgan fingerprint density at radius 3 is 2.54 bits per heavy atom. The Hall–Kier alpha value is -1.40. The minimum atomic E-state index is -3.18. The van der Waals surface area contributed by atoms with Crippen LogP contribution in [0.2, 0.25) is 0 Å². The number of carbonyl (C=O) groups is 1. The number of hydrogen-bond donors (Lipinski definition) is 1. The summed E-state index contributed by atoms with van der Waals surface area (Å²) in [6.07, 6.45) is 5.75. The molecule has 1 N–H and O–H groups in total. The Morgan fingerprint density at radius 2 is 1.92 bits per heavy atom. The van der Waals surface area contributed by atoms with Gasteiger partial charge >= 0.3 is 0 Å². The zero-order valence-electron chi connectivity index (χ0n) is 14.1. The SMILES string of the molecule is CS(=O)(=O)N1C[C@@H](NC(=O)CCCc2ccccc2)[C@H](C2CC2)C1. The summed E-state index contributed by atoms with van der Waals surface area (Å²) in [7, 11) is -3.18. The summed E-state index contributed by atoms with van der Waals surface area (Å²) in [6.45, 7) is 0.975. The van der Waals surface area contributed by atoms with E-state index in [9.17, 15) is 13.2 Å². The molecule has 0 unspecified atom stereocenters. The van der Waals surface area contributed by atoms with E-state index in [0.717, 1.165) is 25.7 Å². The highest BCUT2D eigenvalue weighted by atomic mass is 32.2. The lowest BCUT2D eigenvalue weighted by Gasteiger charge is -2.19. The Bertz CT molecular complexity index is 671. The summed E-state index contributed by atoms with van der Waals surface area (Å²) in [5, 5.41) is 3.09. The first-order valence-electron chi connectivity index (χ1n) is 8.72. The molecule has 0 aromatic heterocycles. The normalized spacial score (nSPS) is 24.9. The third kappa shape index (κ3) is 4.57. The van der Waals surface area contributed by atoms with E-state index in [0.29, 0.717) is 25.4 Å². The Kier molecular flexibility index (Phi) is 5.25. The number of benzene rings is 1. The van der Waals surface area contributed by atoms with E-state index in [1.54, 1.807) is 0 Å². The molecule has 1 aliphatic heterocycles. The fraction of sp³-hybridized carbons (Fsp3) is 0.611. The third-order valence-corrected chi connectivity index (χ3v) is 6.32. The van der Waals surface area contributed by atoms with Crippen LogP contribution in [0.1, 0.15) is 31.2 Å². The largest absolute Gasteiger partial charge is 0.352 e. The maximum Gasteiger partial charge on any atom is 0.220 e. The van der Waals surface area contributed by atoms with Crippen molar-refractivity contribution >= 4 is 15.9 Å². The van der Waals surface area contributed by atoms with E-state index >= 15 is 0 Å². The summed E-state index contributed by atoms with van der Waals surface area (Å²) >= 11 is 0. The summed E-state index contributed by atoms with van der Waals surface area (Å²) < 4.78 is 25.1. The average molecular weight is 350 g/mol. The van der Waals surface area contributed by atoms with Gasteiger partial charge in [-0.1, -0.05) is 30.3 Å². The van der Waals surface area contributed by atoms with Crippen molar-refractivity contribution in [1.82, 2.24) is 9.62 Å². The summed E-state index contributed by atoms with van der Waals surface area (Å²) in [5.41, 5.74) is 1.24. The molecule has 0 bridgehead atoms. The zero-order valence-corrected chi connectivity index (χ0v) is 15.0. The molecule has 0 radical (unpaired) electrons. The molecular formula is C18H26N2O3S. The number of sulfonamides is 1. The predicted octanol–water partition coefficient (Wildman–Crippen LogP) is 1.80. The number of carbonyl (C=O) groups excluding carboxylic acids is 1. The van der Waals surface area contributed by atoms with Crippen LogP contribution in [0, 0.1) is 11.8 Å². The number of amides is 1. The molecule has 2 fully saturated rings. The van der Waals surface area contributed by atoms with Gasteiger partial charge in [0.05, 0.1) is 6.26 Å². The lowest BCUT2D eigenvalue weighted by Crippen LogP contribution is -2.41. The number of nitrogens with one attached hydrogen (secondary N) is 1. The van der Waals surface area contributed by atoms with Crippen LogP contribution in [0.4, 0.5) is 0 Å². The van der Waals surface area contributed by atoms with E-state index < -0.39 is 10.0 Å². The van der Waals surface area contributed by atoms with Crippen molar-refractivity contribution in [3.05, 3.63) is 35.9 Å². The highest BCUT2D eigenvalue weighted by Crippen LogP contribution is 2.41. The second-order valence-electron chi connectivity index (χ2n) is 7.09. The molecule has 1 aromatic carbocycles. The third-order valence-electron chi connectivity index (χ3n) is 5.09. The van der Waals surface area contributed by atoms with Crippen molar-refractivity contribution in [2.24, 2.45) is 11.8 Å². The van der Waals surface area contributed by atoms with Crippen LogP contribution in [-0.4, -0.2) is 44.0 Å². The lowest BCUT2D eigenvalue weighted by atomic mass is 9.98. The first kappa shape index (κ1) is 17.4. The van der Waals surface area contributed by atoms with E-state index in [2.05, 4.69) is 17.4 Å². The highest BCUT2D eigenvalue weighted by molar-refractivity contribution is 7.88. The number of rotatable bonds is 7. The van der Waals surface area contributed by atoms with Gasteiger partial charge in [-0.05, 0) is 43.1 Å². The van der Waals surface area contributed by atoms with Crippen LogP contribution in [0.15, 0.2) is 30.3 Å². The van der Waals surface area contributed by atoms with Crippen molar-refractivity contribution in [3.63, 3.8) is 0 Å². The molecule has 24 heavy (non-hydrogen) atoms. The van der Waals surface area contributed by atoms with Gasteiger partial charge in [0.25, 0.3) is 0 Å². The molecule has 1 heterocycles. The van der Waals surface area contributed by atoms with E-state index in [1.165, 1.54) is 16.1 Å². The minimum absolute atomic E-state index is 0.0311. The quantitative estimate of drug-likeness (QED) is 0.815. The second-order valence-corrected chi connectivity index (χ2v) is 9.08. The van der Waals surface area contributed by atoms with Crippen LogP contribution in [-0.2, 0) is 21.2 Å². The Labute approximate surface area is 144 Å². The molecule has 1 amide bonds. The fourth-order valence-corrected chi connectivity index (χ4v) is 4.47. The standard InChI is InChI=1S/C18H26N2O3S/c1-24(22,23)20-12-16(15-10-11-15)17(13-20)19-18(21)9-5-8-14-6-3-2-4-7-14/h2-4,6-7,15-17H,5,8-13H2,1H3,(H,19,21)/t16-,17+/m0/s1. The van der Waals surface area contributed by atoms with Crippen LogP contribution in [0.3, 0.4) is 0 Å². The van der Waals surface area contributed by atoms with Crippen LogP contribution in [0.25, 0.3) is 0 Å². The average Bonchev–Trinajstić information content (AvgIpc) is 3.28. The minimum Gasteiger partial charge on any atom is -0.352 e. The van der Waals surface area contributed by atoms with Crippen LogP contribution < -0.4 is 5.32 Å². The van der Waals surface area contributed by atoms with Crippen molar-refractivity contribution in [1.29, 1.82) is 0 Å². The molecule has 5 nitrogen and oxygen atoms in total. The van der Waals surface area contributed by atoms with E-state index in [4.69, 9.17) is 0 Å². The maximum absolute atomic E-state index is 12.3. The first-order chi connectivity index (χ1) is 11.4. The summed E-state index contributed by atoms with van der Waals surface area (Å²) in [6, 6.07) is 10.1. The van der Waals surface area contributed by atoms with Gasteiger partial charge in [-0.25, -0.2) is 8.42 Å². The molecule has 132 valence electrons. The molecular weight excluding hydrogens is 324 g/mol. The number of hydrogen-bond acceptors (Lipinski definition) is 3. The molecule has 2 atom stereocenters. The van der Waals surface area contributed by atoms with Crippen LogP contribution in [0.5, 0.6) is 0 Å². The van der Waals surface area contributed by atoms with Crippen molar-refractivity contribution in [2.75, 3.05) is 19.3 Å². The molecule has 1 aliphatic carbocycles. The molecule has 1 saturated carbocycles. The summed E-state index contributed by atoms with van der Waals surface area (Å²) in [4.78, 5) is 12.3. The van der Waals surface area contributed by atoms with Gasteiger partial charge in [0.2, 0.25) is 15.9 Å². The van der Waals surface area contributed by atoms with Crippen molar-refractivity contribution in [2.45, 2.75) is 38.1 Å². The van der Waals surface area contributed by atoms with Gasteiger partial charge in [-0.15, -0.1) is 0 Å². The molecule has 0 spiro atoms. The zero-order chi connectivity index (χ0) is 17.2. The monoisotopic (exact) mass is 350 g/mol. The van der Waals surface area contributed by atoms with Crippen molar-refractivity contribution < 1.29 is 13.2 Å². The molecule has 3 rings (SSSR count). The molecule has 1 aromatic rings. The summed E-state index contributed by atoms with van der Waals surface area (Å²) in [5.74, 6) is 0.890. The number of nitrogens with zero attached hydrogens (tertiary/aromatic N) is 1. The van der Waals surface area contributed by atoms with E-state index in [-0.39, 0.29) is 17.9 Å². The van der Waals surface area contributed by atoms with Gasteiger partial charge in [-0.3, -0.25) is 4.79 Å². The van der Waals surface area contributed by atoms with E-state index in [1.807, 2.05) is 18.2 Å². The van der Waals surface area contributed by atoms with Gasteiger partial charge in [-0.2, -0.15) is 4.31 Å². The Morgan fingerprint density at radius 1 is 1.21 bits per heavy atom. The number of aryl methyl sites for hydroxylation is 1. The highest BCUT2D eigenvalue weighted by Gasteiger charge is 2.45. The van der Waals surface area contributed by atoms with Crippen molar-refractivity contribution in [3.8, 4) is 0 Å². The van der Waals surface area contributed by atoms with Gasteiger partial charge in [0.1, 0.15) is 0 Å². The topological polar surface area (TPSA) is 66.5 Å². The lowest BCUT2D eigenvalue weighted by molar-refractivity contribution is -0.122.